The summed E-state index contributed by atoms with van der Waals surface area (Å²) >= 11 is 5.93. The van der Waals surface area contributed by atoms with Crippen LogP contribution in [0.5, 0.6) is 0 Å². The lowest BCUT2D eigenvalue weighted by Crippen LogP contribution is -2.19. The van der Waals surface area contributed by atoms with E-state index >= 15 is 0 Å². The van der Waals surface area contributed by atoms with Crippen molar-refractivity contribution in [2.75, 3.05) is 5.32 Å². The summed E-state index contributed by atoms with van der Waals surface area (Å²) in [6, 6.07) is 7.35. The van der Waals surface area contributed by atoms with Gasteiger partial charge >= 0.3 is 5.69 Å². The lowest BCUT2D eigenvalue weighted by atomic mass is 10.2. The summed E-state index contributed by atoms with van der Waals surface area (Å²) in [7, 11) is 0. The molecule has 0 atom stereocenters. The van der Waals surface area contributed by atoms with E-state index in [0.29, 0.717) is 29.7 Å². The molecule has 0 bridgehead atoms. The molecule has 0 amide bonds. The Morgan fingerprint density at radius 1 is 1.39 bits per heavy atom. The number of aromatic amines is 1. The second-order valence-electron chi connectivity index (χ2n) is 5.20. The second-order valence-corrected chi connectivity index (χ2v) is 5.64. The van der Waals surface area contributed by atoms with E-state index in [2.05, 4.69) is 20.6 Å². The van der Waals surface area contributed by atoms with Gasteiger partial charge in [-0.15, -0.1) is 0 Å². The van der Waals surface area contributed by atoms with Gasteiger partial charge in [0, 0.05) is 16.3 Å². The molecule has 0 aliphatic heterocycles. The van der Waals surface area contributed by atoms with Gasteiger partial charge in [0.25, 0.3) is 0 Å². The van der Waals surface area contributed by atoms with Crippen LogP contribution in [0.3, 0.4) is 0 Å². The van der Waals surface area contributed by atoms with E-state index in [9.17, 15) is 4.79 Å². The fourth-order valence-electron chi connectivity index (χ4n) is 2.25. The summed E-state index contributed by atoms with van der Waals surface area (Å²) in [5.41, 5.74) is 2.22. The molecule has 23 heavy (non-hydrogen) atoms. The summed E-state index contributed by atoms with van der Waals surface area (Å²) in [6.45, 7) is 4.37. The summed E-state index contributed by atoms with van der Waals surface area (Å²) in [6.07, 6.45) is 0. The second kappa shape index (κ2) is 6.29. The summed E-state index contributed by atoms with van der Waals surface area (Å²) in [5.74, 6) is 1.23. The van der Waals surface area contributed by atoms with E-state index in [1.165, 1.54) is 4.68 Å². The van der Waals surface area contributed by atoms with Crippen molar-refractivity contribution in [1.82, 2.24) is 19.9 Å². The normalized spacial score (nSPS) is 10.9. The van der Waals surface area contributed by atoms with Gasteiger partial charge in [-0.2, -0.15) is 5.10 Å². The number of H-pyrrole nitrogens is 1. The SMILES string of the molecule is Cc1noc(C)c1Cn1nc(CNc2cccc(Cl)c2)[nH]c1=O. The molecular weight excluding hydrogens is 318 g/mol. The van der Waals surface area contributed by atoms with Gasteiger partial charge in [-0.05, 0) is 32.0 Å². The minimum atomic E-state index is -0.270. The molecule has 0 saturated heterocycles. The zero-order valence-electron chi connectivity index (χ0n) is 12.8. The van der Waals surface area contributed by atoms with Gasteiger partial charge in [0.1, 0.15) is 11.6 Å². The number of benzene rings is 1. The van der Waals surface area contributed by atoms with Crippen molar-refractivity contribution < 1.29 is 4.52 Å². The molecule has 3 aromatic rings. The Bertz CT molecular complexity index is 861. The van der Waals surface area contributed by atoms with E-state index in [0.717, 1.165) is 16.9 Å². The fourth-order valence-corrected chi connectivity index (χ4v) is 2.44. The Hall–Kier alpha value is -2.54. The van der Waals surface area contributed by atoms with Gasteiger partial charge in [0.05, 0.1) is 18.8 Å². The van der Waals surface area contributed by atoms with Crippen molar-refractivity contribution >= 4 is 17.3 Å². The third-order valence-electron chi connectivity index (χ3n) is 3.50. The first-order valence-corrected chi connectivity index (χ1v) is 7.48. The molecule has 0 unspecified atom stereocenters. The lowest BCUT2D eigenvalue weighted by molar-refractivity contribution is 0.391. The molecule has 0 spiro atoms. The number of aromatic nitrogens is 4. The van der Waals surface area contributed by atoms with Crippen LogP contribution < -0.4 is 11.0 Å². The van der Waals surface area contributed by atoms with Crippen molar-refractivity contribution in [3.05, 3.63) is 62.6 Å². The number of nitrogens with zero attached hydrogens (tertiary/aromatic N) is 3. The molecule has 7 nitrogen and oxygen atoms in total. The zero-order chi connectivity index (χ0) is 16.4. The minimum Gasteiger partial charge on any atom is -0.378 e. The monoisotopic (exact) mass is 333 g/mol. The highest BCUT2D eigenvalue weighted by molar-refractivity contribution is 6.30. The van der Waals surface area contributed by atoms with Gasteiger partial charge in [-0.1, -0.05) is 22.8 Å². The Balaban J connectivity index is 1.72. The van der Waals surface area contributed by atoms with Gasteiger partial charge in [0.15, 0.2) is 0 Å². The van der Waals surface area contributed by atoms with Crippen molar-refractivity contribution in [1.29, 1.82) is 0 Å². The Morgan fingerprint density at radius 3 is 2.91 bits per heavy atom. The topological polar surface area (TPSA) is 88.7 Å². The van der Waals surface area contributed by atoms with Crippen LogP contribution in [0.2, 0.25) is 5.02 Å². The number of hydrogen-bond acceptors (Lipinski definition) is 5. The van der Waals surface area contributed by atoms with E-state index in [1.54, 1.807) is 12.1 Å². The van der Waals surface area contributed by atoms with Gasteiger partial charge in [-0.25, -0.2) is 9.48 Å². The van der Waals surface area contributed by atoms with Gasteiger partial charge < -0.3 is 9.84 Å². The summed E-state index contributed by atoms with van der Waals surface area (Å²) in [4.78, 5) is 14.7. The predicted molar refractivity (Wildman–Crippen MR) is 86.7 cm³/mol. The van der Waals surface area contributed by atoms with Crippen molar-refractivity contribution in [2.24, 2.45) is 0 Å². The van der Waals surface area contributed by atoms with E-state index in [1.807, 2.05) is 26.0 Å². The van der Waals surface area contributed by atoms with Crippen LogP contribution in [0.4, 0.5) is 5.69 Å². The standard InChI is InChI=1S/C15H16ClN5O2/c1-9-13(10(2)23-20-9)8-21-15(22)18-14(19-21)7-17-12-5-3-4-11(16)6-12/h3-6,17H,7-8H2,1-2H3,(H,18,19,22). The van der Waals surface area contributed by atoms with Crippen LogP contribution in [0.1, 0.15) is 22.8 Å². The number of aryl methyl sites for hydroxylation is 2. The van der Waals surface area contributed by atoms with Crippen LogP contribution in [-0.4, -0.2) is 19.9 Å². The molecule has 2 aromatic heterocycles. The molecular formula is C15H16ClN5O2. The maximum absolute atomic E-state index is 12.0. The molecule has 0 saturated carbocycles. The van der Waals surface area contributed by atoms with Crippen LogP contribution in [-0.2, 0) is 13.1 Å². The van der Waals surface area contributed by atoms with Gasteiger partial charge in [0.2, 0.25) is 0 Å². The van der Waals surface area contributed by atoms with Crippen molar-refractivity contribution in [3.8, 4) is 0 Å². The number of anilines is 1. The third-order valence-corrected chi connectivity index (χ3v) is 3.74. The van der Waals surface area contributed by atoms with Crippen LogP contribution >= 0.6 is 11.6 Å². The first kappa shape index (κ1) is 15.4. The van der Waals surface area contributed by atoms with E-state index < -0.39 is 0 Å². The van der Waals surface area contributed by atoms with Crippen LogP contribution in [0.25, 0.3) is 0 Å². The van der Waals surface area contributed by atoms with Gasteiger partial charge in [-0.3, -0.25) is 4.98 Å². The molecule has 0 aliphatic rings. The maximum Gasteiger partial charge on any atom is 0.343 e. The number of rotatable bonds is 5. The number of nitrogens with one attached hydrogen (secondary N) is 2. The van der Waals surface area contributed by atoms with E-state index in [4.69, 9.17) is 16.1 Å². The smallest absolute Gasteiger partial charge is 0.343 e. The average molecular weight is 334 g/mol. The molecule has 0 fully saturated rings. The highest BCUT2D eigenvalue weighted by Crippen LogP contribution is 2.15. The molecule has 2 N–H and O–H groups in total. The highest BCUT2D eigenvalue weighted by atomic mass is 35.5. The molecule has 0 aliphatic carbocycles. The predicted octanol–water partition coefficient (Wildman–Crippen LogP) is 2.49. The van der Waals surface area contributed by atoms with E-state index in [-0.39, 0.29) is 5.69 Å². The summed E-state index contributed by atoms with van der Waals surface area (Å²) < 4.78 is 6.47. The average Bonchev–Trinajstić information content (AvgIpc) is 3.02. The highest BCUT2D eigenvalue weighted by Gasteiger charge is 2.13. The van der Waals surface area contributed by atoms with Crippen molar-refractivity contribution in [2.45, 2.75) is 26.9 Å². The minimum absolute atomic E-state index is 0.270. The maximum atomic E-state index is 12.0. The Labute approximate surface area is 137 Å². The molecule has 1 aromatic carbocycles. The lowest BCUT2D eigenvalue weighted by Gasteiger charge is -2.04. The molecule has 120 valence electrons. The number of halogens is 1. The van der Waals surface area contributed by atoms with Crippen LogP contribution in [0, 0.1) is 13.8 Å². The Morgan fingerprint density at radius 2 is 2.22 bits per heavy atom. The molecule has 8 heteroatoms. The zero-order valence-corrected chi connectivity index (χ0v) is 13.5. The summed E-state index contributed by atoms with van der Waals surface area (Å²) in [5, 5.41) is 12.0. The molecule has 0 radical (unpaired) electrons. The van der Waals surface area contributed by atoms with Crippen LogP contribution in [0.15, 0.2) is 33.6 Å². The molecule has 3 rings (SSSR count). The first-order chi connectivity index (χ1) is 11.0. The van der Waals surface area contributed by atoms with Crippen molar-refractivity contribution in [3.63, 3.8) is 0 Å². The third kappa shape index (κ3) is 3.45. The largest absolute Gasteiger partial charge is 0.378 e. The number of hydrogen-bond donors (Lipinski definition) is 2. The quantitative estimate of drug-likeness (QED) is 0.748. The fraction of sp³-hybridized carbons (Fsp3) is 0.267. The molecule has 2 heterocycles. The first-order valence-electron chi connectivity index (χ1n) is 7.10. The Kier molecular flexibility index (Phi) is 4.20.